The van der Waals surface area contributed by atoms with Crippen LogP contribution in [0.3, 0.4) is 0 Å². The molecule has 110 valence electrons. The summed E-state index contributed by atoms with van der Waals surface area (Å²) in [6.07, 6.45) is 1.33. The molecular formula is C14H21BFNO3. The molecule has 0 atom stereocenters. The molecule has 6 heteroatoms. The van der Waals surface area contributed by atoms with Gasteiger partial charge in [-0.3, -0.25) is 4.98 Å². The van der Waals surface area contributed by atoms with Crippen molar-refractivity contribution in [2.45, 2.75) is 58.3 Å². The van der Waals surface area contributed by atoms with Crippen LogP contribution < -0.4 is 5.59 Å². The van der Waals surface area contributed by atoms with E-state index < -0.39 is 29.7 Å². The van der Waals surface area contributed by atoms with Crippen LogP contribution in [0.15, 0.2) is 12.3 Å². The Hall–Kier alpha value is -0.975. The van der Waals surface area contributed by atoms with Crippen LogP contribution in [0, 0.1) is 5.82 Å². The summed E-state index contributed by atoms with van der Waals surface area (Å²) in [4.78, 5) is 4.17. The molecule has 4 nitrogen and oxygen atoms in total. The third kappa shape index (κ3) is 2.60. The van der Waals surface area contributed by atoms with Gasteiger partial charge in [0.25, 0.3) is 0 Å². The molecule has 20 heavy (non-hydrogen) atoms. The lowest BCUT2D eigenvalue weighted by Gasteiger charge is -2.32. The van der Waals surface area contributed by atoms with E-state index in [0.29, 0.717) is 5.59 Å². The monoisotopic (exact) mass is 281 g/mol. The van der Waals surface area contributed by atoms with Crippen LogP contribution in [-0.4, -0.2) is 28.4 Å². The molecule has 1 aliphatic rings. The van der Waals surface area contributed by atoms with Crippen LogP contribution in [0.1, 0.15) is 47.1 Å². The van der Waals surface area contributed by atoms with Crippen LogP contribution in [0.4, 0.5) is 4.39 Å². The minimum Gasteiger partial charge on any atom is -0.398 e. The highest BCUT2D eigenvalue weighted by Gasteiger charge is 2.52. The second-order valence-electron chi connectivity index (χ2n) is 6.74. The Morgan fingerprint density at radius 2 is 1.70 bits per heavy atom. The Balaban J connectivity index is 2.31. The third-order valence-electron chi connectivity index (χ3n) is 4.03. The predicted molar refractivity (Wildman–Crippen MR) is 75.2 cm³/mol. The predicted octanol–water partition coefficient (Wildman–Crippen LogP) is 1.75. The fraction of sp³-hybridized carbons (Fsp3) is 0.643. The second kappa shape index (κ2) is 4.51. The summed E-state index contributed by atoms with van der Waals surface area (Å²) in [7, 11) is -0.703. The van der Waals surface area contributed by atoms with E-state index in [4.69, 9.17) is 9.31 Å². The first-order valence-electron chi connectivity index (χ1n) is 6.68. The normalized spacial score (nSPS) is 21.3. The van der Waals surface area contributed by atoms with Crippen LogP contribution in [-0.2, 0) is 14.9 Å². The topological polar surface area (TPSA) is 51.6 Å². The van der Waals surface area contributed by atoms with Gasteiger partial charge in [-0.05, 0) is 47.6 Å². The first-order chi connectivity index (χ1) is 8.94. The fourth-order valence-electron chi connectivity index (χ4n) is 1.99. The largest absolute Gasteiger partial charge is 0.514 e. The highest BCUT2D eigenvalue weighted by molar-refractivity contribution is 6.61. The third-order valence-corrected chi connectivity index (χ3v) is 4.03. The maximum atomic E-state index is 14.1. The van der Waals surface area contributed by atoms with E-state index in [9.17, 15) is 9.50 Å². The minimum atomic E-state index is -1.27. The van der Waals surface area contributed by atoms with Gasteiger partial charge >= 0.3 is 7.12 Å². The summed E-state index contributed by atoms with van der Waals surface area (Å²) in [6, 6.07) is 1.26. The summed E-state index contributed by atoms with van der Waals surface area (Å²) >= 11 is 0. The summed E-state index contributed by atoms with van der Waals surface area (Å²) in [5.74, 6) is -0.516. The number of rotatable bonds is 2. The van der Waals surface area contributed by atoms with Crippen molar-refractivity contribution < 1.29 is 18.8 Å². The number of aromatic nitrogens is 1. The van der Waals surface area contributed by atoms with Gasteiger partial charge in [0.1, 0.15) is 5.82 Å². The van der Waals surface area contributed by atoms with E-state index in [1.807, 2.05) is 27.7 Å². The first-order valence-corrected chi connectivity index (χ1v) is 6.68. The molecule has 0 saturated carbocycles. The van der Waals surface area contributed by atoms with Crippen molar-refractivity contribution >= 4 is 12.7 Å². The lowest BCUT2D eigenvalue weighted by Crippen LogP contribution is -2.41. The van der Waals surface area contributed by atoms with Crippen molar-refractivity contribution in [2.75, 3.05) is 0 Å². The molecule has 1 aromatic rings. The van der Waals surface area contributed by atoms with Gasteiger partial charge in [-0.15, -0.1) is 0 Å². The molecule has 0 unspecified atom stereocenters. The van der Waals surface area contributed by atoms with Gasteiger partial charge in [0.15, 0.2) is 0 Å². The lowest BCUT2D eigenvalue weighted by molar-refractivity contribution is 0.00578. The maximum Gasteiger partial charge on any atom is 0.514 e. The Labute approximate surface area is 119 Å². The highest BCUT2D eigenvalue weighted by atomic mass is 19.1. The minimum absolute atomic E-state index is 0.151. The van der Waals surface area contributed by atoms with Gasteiger partial charge in [-0.1, -0.05) is 0 Å². The molecule has 0 amide bonds. The quantitative estimate of drug-likeness (QED) is 0.839. The van der Waals surface area contributed by atoms with Crippen molar-refractivity contribution in [3.8, 4) is 0 Å². The van der Waals surface area contributed by atoms with Gasteiger partial charge in [0.05, 0.1) is 22.4 Å². The van der Waals surface area contributed by atoms with Crippen molar-refractivity contribution in [3.05, 3.63) is 23.6 Å². The maximum absolute atomic E-state index is 14.1. The molecule has 0 spiro atoms. The first kappa shape index (κ1) is 15.4. The van der Waals surface area contributed by atoms with Gasteiger partial charge in [-0.25, -0.2) is 4.39 Å². The van der Waals surface area contributed by atoms with Crippen molar-refractivity contribution in [3.63, 3.8) is 0 Å². The van der Waals surface area contributed by atoms with Gasteiger partial charge < -0.3 is 14.4 Å². The van der Waals surface area contributed by atoms with E-state index in [0.717, 1.165) is 0 Å². The molecule has 2 heterocycles. The van der Waals surface area contributed by atoms with Gasteiger partial charge in [0, 0.05) is 11.8 Å². The highest BCUT2D eigenvalue weighted by Crippen LogP contribution is 2.36. The molecule has 1 N–H and O–H groups in total. The average molecular weight is 281 g/mol. The Bertz CT molecular complexity index is 510. The molecular weight excluding hydrogens is 260 g/mol. The van der Waals surface area contributed by atoms with Crippen LogP contribution in [0.2, 0.25) is 0 Å². The van der Waals surface area contributed by atoms with Crippen molar-refractivity contribution in [1.82, 2.24) is 4.98 Å². The second-order valence-corrected chi connectivity index (χ2v) is 6.74. The van der Waals surface area contributed by atoms with Gasteiger partial charge in [0.2, 0.25) is 0 Å². The molecule has 1 aromatic heterocycles. The lowest BCUT2D eigenvalue weighted by atomic mass is 9.83. The van der Waals surface area contributed by atoms with E-state index in [2.05, 4.69) is 4.98 Å². The van der Waals surface area contributed by atoms with E-state index >= 15 is 0 Å². The van der Waals surface area contributed by atoms with Crippen LogP contribution >= 0.6 is 0 Å². The fourth-order valence-corrected chi connectivity index (χ4v) is 1.99. The van der Waals surface area contributed by atoms with Crippen LogP contribution in [0.5, 0.6) is 0 Å². The summed E-state index contributed by atoms with van der Waals surface area (Å²) in [5.41, 5.74) is -1.74. The number of hydrogen-bond acceptors (Lipinski definition) is 4. The standard InChI is InChI=1S/C14H21BFNO3/c1-12(2,18)9-8-17-11(7-10(9)16)15-19-13(3,4)14(5,6)20-15/h7-8,18H,1-6H3. The molecule has 1 saturated heterocycles. The summed E-state index contributed by atoms with van der Waals surface area (Å²) < 4.78 is 25.7. The zero-order chi connectivity index (χ0) is 15.3. The molecule has 1 fully saturated rings. The van der Waals surface area contributed by atoms with Gasteiger partial charge in [-0.2, -0.15) is 0 Å². The molecule has 1 aliphatic heterocycles. The molecule has 0 bridgehead atoms. The van der Waals surface area contributed by atoms with E-state index in [1.54, 1.807) is 0 Å². The average Bonchev–Trinajstić information content (AvgIpc) is 2.46. The van der Waals surface area contributed by atoms with Crippen molar-refractivity contribution in [2.24, 2.45) is 0 Å². The van der Waals surface area contributed by atoms with E-state index in [-0.39, 0.29) is 5.56 Å². The Morgan fingerprint density at radius 1 is 1.20 bits per heavy atom. The zero-order valence-corrected chi connectivity index (χ0v) is 12.8. The molecule has 2 rings (SSSR count). The number of pyridine rings is 1. The van der Waals surface area contributed by atoms with Crippen LogP contribution in [0.25, 0.3) is 0 Å². The summed E-state index contributed by atoms with van der Waals surface area (Å²) in [5, 5.41) is 9.85. The smallest absolute Gasteiger partial charge is 0.398 e. The Kier molecular flexibility index (Phi) is 3.48. The molecule has 0 aliphatic carbocycles. The number of aliphatic hydroxyl groups is 1. The number of hydrogen-bond donors (Lipinski definition) is 1. The zero-order valence-electron chi connectivity index (χ0n) is 12.8. The summed E-state index contributed by atoms with van der Waals surface area (Å²) in [6.45, 7) is 10.7. The number of nitrogens with zero attached hydrogens (tertiary/aromatic N) is 1. The van der Waals surface area contributed by atoms with E-state index in [1.165, 1.54) is 26.1 Å². The van der Waals surface area contributed by atoms with Crippen molar-refractivity contribution in [1.29, 1.82) is 0 Å². The molecule has 0 aromatic carbocycles. The Morgan fingerprint density at radius 3 is 2.10 bits per heavy atom. The number of halogens is 1. The molecule has 0 radical (unpaired) electrons. The SMILES string of the molecule is CC(C)(O)c1cnc(B2OC(C)(C)C(C)(C)O2)cc1F.